The fourth-order valence-electron chi connectivity index (χ4n) is 3.06. The SMILES string of the molecule is O=C(O)CC1CCN(C(=O)CCc2nnc(-c3ccccc3)o2)CC1. The van der Waals surface area contributed by atoms with Gasteiger partial charge in [0.15, 0.2) is 0 Å². The van der Waals surface area contributed by atoms with Gasteiger partial charge in [-0.1, -0.05) is 18.2 Å². The lowest BCUT2D eigenvalue weighted by molar-refractivity contribution is -0.138. The van der Waals surface area contributed by atoms with Crippen LogP contribution in [0.15, 0.2) is 34.7 Å². The van der Waals surface area contributed by atoms with Crippen molar-refractivity contribution in [2.75, 3.05) is 13.1 Å². The van der Waals surface area contributed by atoms with E-state index in [0.717, 1.165) is 18.4 Å². The summed E-state index contributed by atoms with van der Waals surface area (Å²) in [5, 5.41) is 16.9. The number of hydrogen-bond acceptors (Lipinski definition) is 5. The molecule has 132 valence electrons. The predicted molar refractivity (Wildman–Crippen MR) is 89.6 cm³/mol. The number of piperidine rings is 1. The summed E-state index contributed by atoms with van der Waals surface area (Å²) in [5.74, 6) is 0.361. The van der Waals surface area contributed by atoms with Gasteiger partial charge in [0.2, 0.25) is 17.7 Å². The molecule has 1 aromatic carbocycles. The Bertz CT molecular complexity index is 721. The van der Waals surface area contributed by atoms with E-state index in [-0.39, 0.29) is 18.2 Å². The van der Waals surface area contributed by atoms with Crippen LogP contribution in [0.2, 0.25) is 0 Å². The van der Waals surface area contributed by atoms with Crippen LogP contribution in [0.5, 0.6) is 0 Å². The lowest BCUT2D eigenvalue weighted by Gasteiger charge is -2.31. The van der Waals surface area contributed by atoms with Crippen molar-refractivity contribution in [2.45, 2.75) is 32.1 Å². The van der Waals surface area contributed by atoms with Crippen molar-refractivity contribution in [2.24, 2.45) is 5.92 Å². The maximum Gasteiger partial charge on any atom is 0.303 e. The molecule has 25 heavy (non-hydrogen) atoms. The molecule has 0 radical (unpaired) electrons. The van der Waals surface area contributed by atoms with Crippen molar-refractivity contribution in [1.29, 1.82) is 0 Å². The number of amides is 1. The first-order chi connectivity index (χ1) is 12.1. The average molecular weight is 343 g/mol. The highest BCUT2D eigenvalue weighted by Gasteiger charge is 2.24. The first-order valence-corrected chi connectivity index (χ1v) is 8.49. The molecule has 2 aromatic rings. The van der Waals surface area contributed by atoms with Crippen LogP contribution < -0.4 is 0 Å². The molecule has 2 heterocycles. The summed E-state index contributed by atoms with van der Waals surface area (Å²) in [6.45, 7) is 1.24. The Balaban J connectivity index is 1.47. The maximum absolute atomic E-state index is 12.3. The number of carboxylic acid groups (broad SMARTS) is 1. The summed E-state index contributed by atoms with van der Waals surface area (Å²) in [6, 6.07) is 9.50. The van der Waals surface area contributed by atoms with E-state index < -0.39 is 5.97 Å². The van der Waals surface area contributed by atoms with E-state index in [4.69, 9.17) is 9.52 Å². The Morgan fingerprint density at radius 2 is 1.88 bits per heavy atom. The minimum atomic E-state index is -0.768. The van der Waals surface area contributed by atoms with Gasteiger partial charge in [-0.2, -0.15) is 0 Å². The normalized spacial score (nSPS) is 15.3. The van der Waals surface area contributed by atoms with Crippen LogP contribution in [0.25, 0.3) is 11.5 Å². The number of aryl methyl sites for hydroxylation is 1. The van der Waals surface area contributed by atoms with E-state index in [9.17, 15) is 9.59 Å². The minimum Gasteiger partial charge on any atom is -0.481 e. The molecule has 1 aliphatic heterocycles. The van der Waals surface area contributed by atoms with Gasteiger partial charge < -0.3 is 14.4 Å². The van der Waals surface area contributed by atoms with E-state index in [1.165, 1.54) is 0 Å². The Kier molecular flexibility index (Phi) is 5.42. The quantitative estimate of drug-likeness (QED) is 0.865. The molecule has 0 aliphatic carbocycles. The van der Waals surface area contributed by atoms with Gasteiger partial charge in [-0.05, 0) is 30.9 Å². The van der Waals surface area contributed by atoms with Crippen LogP contribution in [-0.2, 0) is 16.0 Å². The third-order valence-electron chi connectivity index (χ3n) is 4.47. The van der Waals surface area contributed by atoms with Crippen molar-refractivity contribution < 1.29 is 19.1 Å². The highest BCUT2D eigenvalue weighted by molar-refractivity contribution is 5.76. The van der Waals surface area contributed by atoms with Gasteiger partial charge >= 0.3 is 5.97 Å². The molecule has 0 unspecified atom stereocenters. The second kappa shape index (κ2) is 7.92. The van der Waals surface area contributed by atoms with Gasteiger partial charge in [-0.25, -0.2) is 0 Å². The van der Waals surface area contributed by atoms with Crippen LogP contribution in [0.4, 0.5) is 0 Å². The number of likely N-dealkylation sites (tertiary alicyclic amines) is 1. The van der Waals surface area contributed by atoms with Gasteiger partial charge in [0.25, 0.3) is 0 Å². The zero-order chi connectivity index (χ0) is 17.6. The molecule has 1 N–H and O–H groups in total. The third-order valence-corrected chi connectivity index (χ3v) is 4.47. The summed E-state index contributed by atoms with van der Waals surface area (Å²) < 4.78 is 5.61. The molecule has 3 rings (SSSR count). The fraction of sp³-hybridized carbons (Fsp3) is 0.444. The second-order valence-corrected chi connectivity index (χ2v) is 6.29. The molecular formula is C18H21N3O4. The number of benzene rings is 1. The topological polar surface area (TPSA) is 96.5 Å². The number of carboxylic acids is 1. The highest BCUT2D eigenvalue weighted by Crippen LogP contribution is 2.22. The summed E-state index contributed by atoms with van der Waals surface area (Å²) in [5.41, 5.74) is 0.855. The standard InChI is InChI=1S/C18H21N3O4/c22-16(21-10-8-13(9-11-21)12-17(23)24)7-6-15-19-20-18(25-15)14-4-2-1-3-5-14/h1-5,13H,6-12H2,(H,23,24). The highest BCUT2D eigenvalue weighted by atomic mass is 16.4. The Morgan fingerprint density at radius 3 is 2.56 bits per heavy atom. The monoisotopic (exact) mass is 343 g/mol. The smallest absolute Gasteiger partial charge is 0.303 e. The zero-order valence-corrected chi connectivity index (χ0v) is 13.9. The van der Waals surface area contributed by atoms with E-state index in [0.29, 0.717) is 37.7 Å². The number of aliphatic carboxylic acids is 1. The van der Waals surface area contributed by atoms with E-state index in [1.54, 1.807) is 4.90 Å². The molecule has 0 bridgehead atoms. The maximum atomic E-state index is 12.3. The van der Waals surface area contributed by atoms with Crippen molar-refractivity contribution in [3.63, 3.8) is 0 Å². The first kappa shape index (κ1) is 17.1. The fourth-order valence-corrected chi connectivity index (χ4v) is 3.06. The van der Waals surface area contributed by atoms with Crippen molar-refractivity contribution in [1.82, 2.24) is 15.1 Å². The molecule has 1 aliphatic rings. The number of aromatic nitrogens is 2. The number of nitrogens with zero attached hydrogens (tertiary/aromatic N) is 3. The van der Waals surface area contributed by atoms with Crippen LogP contribution in [0, 0.1) is 5.92 Å². The average Bonchev–Trinajstić information content (AvgIpc) is 3.10. The van der Waals surface area contributed by atoms with Gasteiger partial charge in [-0.3, -0.25) is 9.59 Å². The van der Waals surface area contributed by atoms with Gasteiger partial charge in [0, 0.05) is 37.9 Å². The molecule has 1 fully saturated rings. The molecule has 1 amide bonds. The predicted octanol–water partition coefficient (Wildman–Crippen LogP) is 2.38. The van der Waals surface area contributed by atoms with Crippen molar-refractivity contribution in [3.05, 3.63) is 36.2 Å². The zero-order valence-electron chi connectivity index (χ0n) is 13.9. The lowest BCUT2D eigenvalue weighted by Crippen LogP contribution is -2.39. The second-order valence-electron chi connectivity index (χ2n) is 6.29. The van der Waals surface area contributed by atoms with Crippen LogP contribution in [0.3, 0.4) is 0 Å². The number of carbonyl (C=O) groups is 2. The molecule has 1 aromatic heterocycles. The summed E-state index contributed by atoms with van der Waals surface area (Å²) in [6.07, 6.45) is 2.41. The minimum absolute atomic E-state index is 0.0493. The molecule has 7 heteroatoms. The Hall–Kier alpha value is -2.70. The number of carbonyl (C=O) groups excluding carboxylic acids is 1. The van der Waals surface area contributed by atoms with Gasteiger partial charge in [0.05, 0.1) is 0 Å². The molecule has 0 atom stereocenters. The van der Waals surface area contributed by atoms with E-state index in [2.05, 4.69) is 10.2 Å². The lowest BCUT2D eigenvalue weighted by atomic mass is 9.93. The van der Waals surface area contributed by atoms with E-state index >= 15 is 0 Å². The summed E-state index contributed by atoms with van der Waals surface area (Å²) in [4.78, 5) is 24.8. The number of hydrogen-bond donors (Lipinski definition) is 1. The molecule has 0 spiro atoms. The largest absolute Gasteiger partial charge is 0.481 e. The van der Waals surface area contributed by atoms with Crippen LogP contribution >= 0.6 is 0 Å². The number of rotatable bonds is 6. The summed E-state index contributed by atoms with van der Waals surface area (Å²) in [7, 11) is 0. The molecule has 7 nitrogen and oxygen atoms in total. The Morgan fingerprint density at radius 1 is 1.16 bits per heavy atom. The molecular weight excluding hydrogens is 322 g/mol. The third kappa shape index (κ3) is 4.65. The van der Waals surface area contributed by atoms with Gasteiger partial charge in [-0.15, -0.1) is 10.2 Å². The molecule has 0 saturated carbocycles. The van der Waals surface area contributed by atoms with Crippen LogP contribution in [-0.4, -0.2) is 45.2 Å². The first-order valence-electron chi connectivity index (χ1n) is 8.49. The van der Waals surface area contributed by atoms with Crippen molar-refractivity contribution >= 4 is 11.9 Å². The Labute approximate surface area is 145 Å². The van der Waals surface area contributed by atoms with Gasteiger partial charge in [0.1, 0.15) is 0 Å². The molecule has 1 saturated heterocycles. The van der Waals surface area contributed by atoms with Crippen molar-refractivity contribution in [3.8, 4) is 11.5 Å². The summed E-state index contributed by atoms with van der Waals surface area (Å²) >= 11 is 0. The van der Waals surface area contributed by atoms with Crippen LogP contribution in [0.1, 0.15) is 31.6 Å². The van der Waals surface area contributed by atoms with E-state index in [1.807, 2.05) is 30.3 Å².